The number of piperidine rings is 1. The van der Waals surface area contributed by atoms with Crippen LogP contribution in [0.15, 0.2) is 53.4 Å². The largest absolute Gasteiger partial charge is 0.396 e. The first-order valence-electron chi connectivity index (χ1n) is 13.2. The van der Waals surface area contributed by atoms with E-state index in [1.165, 1.54) is 0 Å². The summed E-state index contributed by atoms with van der Waals surface area (Å²) in [5, 5.41) is 14.3. The molecule has 1 unspecified atom stereocenters. The minimum absolute atomic E-state index is 0.0471. The number of benzene rings is 2. The van der Waals surface area contributed by atoms with E-state index in [-0.39, 0.29) is 40.7 Å². The van der Waals surface area contributed by atoms with Gasteiger partial charge in [0.05, 0.1) is 35.2 Å². The maximum atomic E-state index is 13.6. The van der Waals surface area contributed by atoms with Crippen LogP contribution in [0.1, 0.15) is 39.3 Å². The first-order valence-corrected chi connectivity index (χ1v) is 14.8. The number of hydrogen-bond donors (Lipinski definition) is 1. The van der Waals surface area contributed by atoms with Gasteiger partial charge in [-0.25, -0.2) is 13.1 Å². The van der Waals surface area contributed by atoms with Crippen molar-refractivity contribution in [1.29, 1.82) is 0 Å². The summed E-state index contributed by atoms with van der Waals surface area (Å²) in [5.74, 6) is -0.738. The molecular formula is C28H30N4O6S. The number of ether oxygens (including phenoxy) is 1. The fourth-order valence-corrected chi connectivity index (χ4v) is 7.29. The fourth-order valence-electron chi connectivity index (χ4n) is 5.69. The van der Waals surface area contributed by atoms with Crippen LogP contribution in [-0.4, -0.2) is 90.9 Å². The van der Waals surface area contributed by atoms with Crippen LogP contribution >= 0.6 is 0 Å². The number of amides is 2. The van der Waals surface area contributed by atoms with Crippen LogP contribution in [0.25, 0.3) is 16.9 Å². The lowest BCUT2D eigenvalue weighted by molar-refractivity contribution is 0.0298. The van der Waals surface area contributed by atoms with Crippen LogP contribution < -0.4 is 0 Å². The molecule has 10 nitrogen and oxygen atoms in total. The summed E-state index contributed by atoms with van der Waals surface area (Å²) in [7, 11) is -3.68. The normalized spacial score (nSPS) is 20.3. The molecular weight excluding hydrogens is 520 g/mol. The molecule has 3 aromatic rings. The molecule has 204 valence electrons. The molecule has 2 fully saturated rings. The predicted molar refractivity (Wildman–Crippen MR) is 142 cm³/mol. The maximum absolute atomic E-state index is 13.6. The van der Waals surface area contributed by atoms with Crippen molar-refractivity contribution >= 4 is 21.7 Å². The Balaban J connectivity index is 1.46. The van der Waals surface area contributed by atoms with Crippen molar-refractivity contribution in [1.82, 2.24) is 19.6 Å². The third-order valence-corrected chi connectivity index (χ3v) is 9.39. The number of hydrogen-bond acceptors (Lipinski definition) is 7. The molecule has 11 heteroatoms. The number of morpholine rings is 1. The third kappa shape index (κ3) is 4.64. The topological polar surface area (TPSA) is 122 Å². The van der Waals surface area contributed by atoms with Crippen molar-refractivity contribution in [3.05, 3.63) is 65.4 Å². The predicted octanol–water partition coefficient (Wildman–Crippen LogP) is 2.14. The van der Waals surface area contributed by atoms with Gasteiger partial charge in [-0.15, -0.1) is 0 Å². The number of sulfone groups is 1. The minimum atomic E-state index is -3.68. The zero-order valence-corrected chi connectivity index (χ0v) is 22.3. The lowest BCUT2D eigenvalue weighted by Crippen LogP contribution is -2.41. The summed E-state index contributed by atoms with van der Waals surface area (Å²) in [4.78, 5) is 30.6. The van der Waals surface area contributed by atoms with E-state index in [0.717, 1.165) is 12.8 Å². The Morgan fingerprint density at radius 1 is 1.00 bits per heavy atom. The summed E-state index contributed by atoms with van der Waals surface area (Å²) in [6, 6.07) is 13.8. The smallest absolute Gasteiger partial charge is 0.274 e. The van der Waals surface area contributed by atoms with Crippen molar-refractivity contribution in [2.75, 3.05) is 46.0 Å². The lowest BCUT2D eigenvalue weighted by Gasteiger charge is -2.32. The summed E-state index contributed by atoms with van der Waals surface area (Å²) in [6.45, 7) is 2.80. The summed E-state index contributed by atoms with van der Waals surface area (Å²) < 4.78 is 33.5. The average Bonchev–Trinajstić information content (AvgIpc) is 3.35. The molecule has 0 bridgehead atoms. The molecule has 1 N–H and O–H groups in total. The average molecular weight is 551 g/mol. The van der Waals surface area contributed by atoms with Gasteiger partial charge in [-0.05, 0) is 43.0 Å². The number of aliphatic hydroxyl groups is 1. The summed E-state index contributed by atoms with van der Waals surface area (Å²) in [6.07, 6.45) is 1.73. The van der Waals surface area contributed by atoms with E-state index in [0.29, 0.717) is 67.5 Å². The minimum Gasteiger partial charge on any atom is -0.396 e. The SMILES string of the molecule is O=C(c1cccc(-n2nc(C(=O)N3CCOCC3)c3c2-c2ccccc2S(=O)(=O)C3)c1)N1CCCC(CO)C1. The van der Waals surface area contributed by atoms with Crippen LogP contribution in [0.4, 0.5) is 0 Å². The molecule has 0 spiro atoms. The molecule has 0 saturated carbocycles. The highest BCUT2D eigenvalue weighted by atomic mass is 32.2. The standard InChI is InChI=1S/C28H30N4O6S/c33-17-19-5-4-10-31(16-19)27(34)20-6-3-7-21(15-20)32-26-22-8-1-2-9-24(22)39(36,37)18-23(26)25(29-32)28(35)30-11-13-38-14-12-30/h1-3,6-9,15,19,33H,4-5,10-14,16-18H2. The van der Waals surface area contributed by atoms with Gasteiger partial charge >= 0.3 is 0 Å². The Labute approximate surface area is 226 Å². The number of likely N-dealkylation sites (tertiary alicyclic amines) is 1. The second-order valence-corrected chi connectivity index (χ2v) is 12.2. The van der Waals surface area contributed by atoms with Gasteiger partial charge in [-0.3, -0.25) is 9.59 Å². The van der Waals surface area contributed by atoms with E-state index < -0.39 is 9.84 Å². The van der Waals surface area contributed by atoms with Gasteiger partial charge in [0, 0.05) is 49.5 Å². The Hall–Kier alpha value is -3.54. The van der Waals surface area contributed by atoms with Gasteiger partial charge in [-0.1, -0.05) is 24.3 Å². The summed E-state index contributed by atoms with van der Waals surface area (Å²) >= 11 is 0. The molecule has 3 aliphatic heterocycles. The van der Waals surface area contributed by atoms with Gasteiger partial charge in [0.15, 0.2) is 15.5 Å². The van der Waals surface area contributed by atoms with Gasteiger partial charge < -0.3 is 19.6 Å². The monoisotopic (exact) mass is 550 g/mol. The zero-order chi connectivity index (χ0) is 27.1. The first-order chi connectivity index (χ1) is 18.9. The van der Waals surface area contributed by atoms with Gasteiger partial charge in [0.25, 0.3) is 11.8 Å². The molecule has 0 aliphatic carbocycles. The molecule has 1 atom stereocenters. The third-order valence-electron chi connectivity index (χ3n) is 7.70. The second-order valence-electron chi connectivity index (χ2n) is 10.2. The Bertz CT molecular complexity index is 1540. The van der Waals surface area contributed by atoms with Crippen molar-refractivity contribution in [2.24, 2.45) is 5.92 Å². The number of nitrogens with zero attached hydrogens (tertiary/aromatic N) is 4. The van der Waals surface area contributed by atoms with E-state index in [4.69, 9.17) is 9.84 Å². The van der Waals surface area contributed by atoms with Gasteiger partial charge in [-0.2, -0.15) is 5.10 Å². The highest BCUT2D eigenvalue weighted by Crippen LogP contribution is 2.41. The Morgan fingerprint density at radius 2 is 1.79 bits per heavy atom. The van der Waals surface area contributed by atoms with Crippen LogP contribution in [0.3, 0.4) is 0 Å². The molecule has 0 radical (unpaired) electrons. The van der Waals surface area contributed by atoms with Gasteiger partial charge in [0.1, 0.15) is 0 Å². The highest BCUT2D eigenvalue weighted by molar-refractivity contribution is 7.90. The number of rotatable bonds is 4. The van der Waals surface area contributed by atoms with E-state index >= 15 is 0 Å². The number of aromatic nitrogens is 2. The van der Waals surface area contributed by atoms with E-state index in [2.05, 4.69) is 0 Å². The van der Waals surface area contributed by atoms with Crippen LogP contribution in [0, 0.1) is 5.92 Å². The van der Waals surface area contributed by atoms with Crippen molar-refractivity contribution in [2.45, 2.75) is 23.5 Å². The quantitative estimate of drug-likeness (QED) is 0.528. The van der Waals surface area contributed by atoms with E-state index in [9.17, 15) is 23.1 Å². The van der Waals surface area contributed by atoms with Crippen LogP contribution in [0.2, 0.25) is 0 Å². The lowest BCUT2D eigenvalue weighted by atomic mass is 9.98. The number of fused-ring (bicyclic) bond motifs is 3. The van der Waals surface area contributed by atoms with Crippen molar-refractivity contribution < 1.29 is 27.9 Å². The number of carbonyl (C=O) groups excluding carboxylic acids is 2. The Kier molecular flexibility index (Phi) is 6.74. The highest BCUT2D eigenvalue weighted by Gasteiger charge is 2.37. The maximum Gasteiger partial charge on any atom is 0.274 e. The van der Waals surface area contributed by atoms with Crippen LogP contribution in [0.5, 0.6) is 0 Å². The summed E-state index contributed by atoms with van der Waals surface area (Å²) in [5.41, 5.74) is 2.51. The molecule has 4 heterocycles. The number of aliphatic hydroxyl groups excluding tert-OH is 1. The molecule has 1 aromatic heterocycles. The second kappa shape index (κ2) is 10.2. The van der Waals surface area contributed by atoms with Crippen LogP contribution in [-0.2, 0) is 20.3 Å². The van der Waals surface area contributed by atoms with E-state index in [1.54, 1.807) is 63.0 Å². The molecule has 39 heavy (non-hydrogen) atoms. The van der Waals surface area contributed by atoms with Crippen molar-refractivity contribution in [3.63, 3.8) is 0 Å². The molecule has 3 aliphatic rings. The Morgan fingerprint density at radius 3 is 2.59 bits per heavy atom. The molecule has 2 amide bonds. The fraction of sp³-hybridized carbons (Fsp3) is 0.393. The van der Waals surface area contributed by atoms with Gasteiger partial charge in [0.2, 0.25) is 0 Å². The molecule has 2 aromatic carbocycles. The molecule has 6 rings (SSSR count). The zero-order valence-electron chi connectivity index (χ0n) is 21.5. The first kappa shape index (κ1) is 25.7. The van der Waals surface area contributed by atoms with E-state index in [1.807, 2.05) is 0 Å². The molecule has 2 saturated heterocycles. The number of carbonyl (C=O) groups is 2. The van der Waals surface area contributed by atoms with Crippen molar-refractivity contribution in [3.8, 4) is 16.9 Å².